The topological polar surface area (TPSA) is 81.1 Å². The summed E-state index contributed by atoms with van der Waals surface area (Å²) in [4.78, 5) is 15.1. The number of amides is 1. The van der Waals surface area contributed by atoms with E-state index >= 15 is 0 Å². The lowest BCUT2D eigenvalue weighted by atomic mass is 10.1. The highest BCUT2D eigenvalue weighted by Gasteiger charge is 2.38. The van der Waals surface area contributed by atoms with Crippen LogP contribution in [0.15, 0.2) is 47.5 Å². The van der Waals surface area contributed by atoms with Gasteiger partial charge in [0.25, 0.3) is 15.9 Å². The molecule has 2 aromatic carbocycles. The van der Waals surface area contributed by atoms with Crippen LogP contribution in [0.4, 0.5) is 22.0 Å². The van der Waals surface area contributed by atoms with Gasteiger partial charge in [0.15, 0.2) is 0 Å². The van der Waals surface area contributed by atoms with Gasteiger partial charge in [0, 0.05) is 13.2 Å². The van der Waals surface area contributed by atoms with Crippen LogP contribution in [0.5, 0.6) is 0 Å². The number of imidazole rings is 1. The van der Waals surface area contributed by atoms with E-state index in [1.54, 1.807) is 0 Å². The van der Waals surface area contributed by atoms with Gasteiger partial charge in [0.05, 0.1) is 11.1 Å². The summed E-state index contributed by atoms with van der Waals surface area (Å²) in [6.45, 7) is 1.15. The summed E-state index contributed by atoms with van der Waals surface area (Å²) in [6, 6.07) is 5.81. The first kappa shape index (κ1) is 22.4. The molecule has 1 heterocycles. The predicted octanol–water partition coefficient (Wildman–Crippen LogP) is 3.81. The molecular formula is C19H14F5N3O3S. The van der Waals surface area contributed by atoms with E-state index in [4.69, 9.17) is 0 Å². The van der Waals surface area contributed by atoms with E-state index in [-0.39, 0.29) is 11.4 Å². The quantitative estimate of drug-likeness (QED) is 0.602. The van der Waals surface area contributed by atoms with Gasteiger partial charge in [0.2, 0.25) is 0 Å². The monoisotopic (exact) mass is 459 g/mol. The van der Waals surface area contributed by atoms with Crippen LogP contribution in [0, 0.1) is 18.6 Å². The number of hydrogen-bond donors (Lipinski definition) is 1. The molecule has 3 rings (SSSR count). The van der Waals surface area contributed by atoms with Gasteiger partial charge in [0.1, 0.15) is 28.0 Å². The zero-order valence-electron chi connectivity index (χ0n) is 16.0. The third-order valence-corrected chi connectivity index (χ3v) is 5.84. The predicted molar refractivity (Wildman–Crippen MR) is 99.4 cm³/mol. The summed E-state index contributed by atoms with van der Waals surface area (Å²) in [5.74, 6) is -3.62. The average molecular weight is 459 g/mol. The molecule has 12 heteroatoms. The Morgan fingerprint density at radius 3 is 2.23 bits per heavy atom. The number of nitrogens with one attached hydrogen (secondary N) is 1. The summed E-state index contributed by atoms with van der Waals surface area (Å²) in [5, 5.41) is 0. The first-order chi connectivity index (χ1) is 14.3. The molecule has 0 atom stereocenters. The molecule has 0 aliphatic heterocycles. The normalized spacial score (nSPS) is 12.1. The molecule has 164 valence electrons. The summed E-state index contributed by atoms with van der Waals surface area (Å²) < 4.78 is 95.7. The molecule has 0 radical (unpaired) electrons. The first-order valence-corrected chi connectivity index (χ1v) is 10.0. The number of halogens is 5. The second kappa shape index (κ2) is 7.76. The van der Waals surface area contributed by atoms with Crippen LogP contribution < -0.4 is 4.72 Å². The van der Waals surface area contributed by atoms with Crippen molar-refractivity contribution in [2.75, 3.05) is 0 Å². The summed E-state index contributed by atoms with van der Waals surface area (Å²) >= 11 is 0. The van der Waals surface area contributed by atoms with Gasteiger partial charge in [-0.25, -0.2) is 26.9 Å². The number of nitrogens with zero attached hydrogens (tertiary/aromatic N) is 2. The van der Waals surface area contributed by atoms with Gasteiger partial charge in [-0.1, -0.05) is 18.2 Å². The molecule has 31 heavy (non-hydrogen) atoms. The fraction of sp³-hybridized carbons (Fsp3) is 0.158. The van der Waals surface area contributed by atoms with Gasteiger partial charge in [-0.05, 0) is 30.7 Å². The van der Waals surface area contributed by atoms with E-state index < -0.39 is 55.5 Å². The highest BCUT2D eigenvalue weighted by Crippen LogP contribution is 2.35. The molecule has 0 spiro atoms. The molecule has 0 aliphatic rings. The first-order valence-electron chi connectivity index (χ1n) is 8.54. The second-order valence-corrected chi connectivity index (χ2v) is 8.16. The SMILES string of the molecule is Cc1cccc(C(F)(F)F)c1S(=O)(=O)NC(=O)c1cn(C)c(-c2c(F)cccc2F)n1. The minimum absolute atomic E-state index is 0.231. The zero-order chi connectivity index (χ0) is 23.1. The molecule has 0 aliphatic carbocycles. The van der Waals surface area contributed by atoms with E-state index in [1.165, 1.54) is 11.8 Å². The third-order valence-electron chi connectivity index (χ3n) is 4.31. The highest BCUT2D eigenvalue weighted by atomic mass is 32.2. The third kappa shape index (κ3) is 4.29. The van der Waals surface area contributed by atoms with Crippen molar-refractivity contribution in [2.24, 2.45) is 7.05 Å². The maximum atomic E-state index is 14.0. The van der Waals surface area contributed by atoms with Gasteiger partial charge in [-0.3, -0.25) is 4.79 Å². The van der Waals surface area contributed by atoms with Crippen molar-refractivity contribution < 1.29 is 35.2 Å². The number of carbonyl (C=O) groups is 1. The van der Waals surface area contributed by atoms with Crippen LogP contribution >= 0.6 is 0 Å². The van der Waals surface area contributed by atoms with Crippen molar-refractivity contribution in [2.45, 2.75) is 18.0 Å². The standard InChI is InChI=1S/C19H14F5N3O3S/c1-10-5-3-6-11(19(22,23)24)16(10)31(29,30)26-18(28)14-9-27(2)17(25-14)15-12(20)7-4-8-13(15)21/h3-9H,1-2H3,(H,26,28). The molecule has 1 N–H and O–H groups in total. The van der Waals surface area contributed by atoms with Gasteiger partial charge in [-0.15, -0.1) is 0 Å². The van der Waals surface area contributed by atoms with Crippen molar-refractivity contribution in [1.29, 1.82) is 0 Å². The number of rotatable bonds is 4. The fourth-order valence-corrected chi connectivity index (χ4v) is 4.39. The Labute approximate surface area is 173 Å². The second-order valence-electron chi connectivity index (χ2n) is 6.54. The van der Waals surface area contributed by atoms with Gasteiger partial charge in [-0.2, -0.15) is 13.2 Å². The van der Waals surface area contributed by atoms with Gasteiger partial charge < -0.3 is 4.57 Å². The van der Waals surface area contributed by atoms with E-state index in [9.17, 15) is 35.2 Å². The lowest BCUT2D eigenvalue weighted by Gasteiger charge is -2.15. The number of sulfonamides is 1. The van der Waals surface area contributed by atoms with E-state index in [2.05, 4.69) is 4.98 Å². The van der Waals surface area contributed by atoms with E-state index in [1.807, 2.05) is 0 Å². The maximum absolute atomic E-state index is 14.0. The zero-order valence-corrected chi connectivity index (χ0v) is 16.8. The Kier molecular flexibility index (Phi) is 5.61. The molecule has 0 unspecified atom stereocenters. The molecule has 0 saturated carbocycles. The molecule has 1 amide bonds. The van der Waals surface area contributed by atoms with Crippen molar-refractivity contribution in [1.82, 2.24) is 14.3 Å². The number of alkyl halides is 3. The molecule has 6 nitrogen and oxygen atoms in total. The van der Waals surface area contributed by atoms with Crippen LogP contribution in [0.3, 0.4) is 0 Å². The number of aromatic nitrogens is 2. The Hall–Kier alpha value is -3.28. The largest absolute Gasteiger partial charge is 0.417 e. The average Bonchev–Trinajstić information content (AvgIpc) is 3.02. The molecule has 0 fully saturated rings. The number of hydrogen-bond acceptors (Lipinski definition) is 4. The van der Waals surface area contributed by atoms with Crippen molar-refractivity contribution in [3.05, 3.63) is 71.1 Å². The molecule has 0 bridgehead atoms. The van der Waals surface area contributed by atoms with Crippen LogP contribution in [-0.4, -0.2) is 23.9 Å². The fourth-order valence-electron chi connectivity index (χ4n) is 2.98. The smallest absolute Gasteiger partial charge is 0.333 e. The van der Waals surface area contributed by atoms with E-state index in [0.29, 0.717) is 6.07 Å². The summed E-state index contributed by atoms with van der Waals surface area (Å²) in [5.41, 5.74) is -2.79. The molecule has 1 aromatic heterocycles. The van der Waals surface area contributed by atoms with Gasteiger partial charge >= 0.3 is 6.18 Å². The van der Waals surface area contributed by atoms with Crippen LogP contribution in [0.25, 0.3) is 11.4 Å². The number of aryl methyl sites for hydroxylation is 2. The van der Waals surface area contributed by atoms with Crippen molar-refractivity contribution in [3.8, 4) is 11.4 Å². The summed E-state index contributed by atoms with van der Waals surface area (Å²) in [6.07, 6.45) is -3.99. The Balaban J connectivity index is 2.00. The van der Waals surface area contributed by atoms with Crippen molar-refractivity contribution in [3.63, 3.8) is 0 Å². The summed E-state index contributed by atoms with van der Waals surface area (Å²) in [7, 11) is -3.65. The van der Waals surface area contributed by atoms with Crippen molar-refractivity contribution >= 4 is 15.9 Å². The lowest BCUT2D eigenvalue weighted by molar-refractivity contribution is -0.140. The Bertz CT molecular complexity index is 1260. The van der Waals surface area contributed by atoms with E-state index in [0.717, 1.165) is 48.0 Å². The number of benzene rings is 2. The maximum Gasteiger partial charge on any atom is 0.417 e. The molecule has 3 aromatic rings. The lowest BCUT2D eigenvalue weighted by Crippen LogP contribution is -2.33. The number of carbonyl (C=O) groups excluding carboxylic acids is 1. The molecular weight excluding hydrogens is 445 g/mol. The minimum atomic E-state index is -4.99. The van der Waals surface area contributed by atoms with Crippen LogP contribution in [0.2, 0.25) is 0 Å². The minimum Gasteiger partial charge on any atom is -0.333 e. The Morgan fingerprint density at radius 1 is 1.06 bits per heavy atom. The van der Waals surface area contributed by atoms with Crippen LogP contribution in [0.1, 0.15) is 21.6 Å². The molecule has 0 saturated heterocycles. The van der Waals surface area contributed by atoms with Crippen LogP contribution in [-0.2, 0) is 23.2 Å². The Morgan fingerprint density at radius 2 is 1.65 bits per heavy atom. The highest BCUT2D eigenvalue weighted by molar-refractivity contribution is 7.90.